The summed E-state index contributed by atoms with van der Waals surface area (Å²) in [5, 5.41) is 19.9. The van der Waals surface area contributed by atoms with E-state index in [9.17, 15) is 8.78 Å². The summed E-state index contributed by atoms with van der Waals surface area (Å²) in [7, 11) is 1.86. The standard InChI is InChI=1S/C23H23F2N9O/c1-23(19-11-33(2)32-29-19)3-4-34(12-23)22-31-30-20(35-22)15-9-26-21(27-10-15)28-16-5-13-7-17(24)18(25)8-14(13)6-16/h7-11,16H,3-6,12H2,1-2H3,(H,26,27,28). The third-order valence-electron chi connectivity index (χ3n) is 6.79. The van der Waals surface area contributed by atoms with Crippen molar-refractivity contribution in [3.8, 4) is 11.5 Å². The molecule has 1 atom stereocenters. The molecule has 1 N–H and O–H groups in total. The Hall–Kier alpha value is -3.96. The Morgan fingerprint density at radius 1 is 1.06 bits per heavy atom. The number of aryl methyl sites for hydroxylation is 1. The van der Waals surface area contributed by atoms with Gasteiger partial charge in [-0.15, -0.1) is 10.2 Å². The SMILES string of the molecule is Cn1cc(C2(C)CCN(c3nnc(-c4cnc(NC5Cc6cc(F)c(F)cc6C5)nc4)o3)C2)nn1. The largest absolute Gasteiger partial charge is 0.403 e. The van der Waals surface area contributed by atoms with Gasteiger partial charge in [0, 0.05) is 50.2 Å². The van der Waals surface area contributed by atoms with Gasteiger partial charge in [0.05, 0.1) is 11.3 Å². The van der Waals surface area contributed by atoms with Gasteiger partial charge in [-0.25, -0.2) is 18.7 Å². The van der Waals surface area contributed by atoms with E-state index in [2.05, 4.69) is 42.7 Å². The Bertz CT molecular complexity index is 1360. The van der Waals surface area contributed by atoms with Crippen molar-refractivity contribution in [2.45, 2.75) is 37.6 Å². The first-order valence-corrected chi connectivity index (χ1v) is 11.4. The molecule has 6 rings (SSSR count). The molecule has 1 unspecified atom stereocenters. The van der Waals surface area contributed by atoms with Crippen LogP contribution in [-0.4, -0.2) is 54.3 Å². The maximum atomic E-state index is 13.5. The molecule has 4 heterocycles. The zero-order chi connectivity index (χ0) is 24.2. The van der Waals surface area contributed by atoms with E-state index in [-0.39, 0.29) is 11.5 Å². The number of hydrogen-bond donors (Lipinski definition) is 1. The summed E-state index contributed by atoms with van der Waals surface area (Å²) in [6, 6.07) is 2.93. The number of benzene rings is 1. The van der Waals surface area contributed by atoms with Crippen LogP contribution in [0.2, 0.25) is 0 Å². The van der Waals surface area contributed by atoms with Crippen molar-refractivity contribution in [2.24, 2.45) is 7.05 Å². The molecule has 12 heteroatoms. The number of halogens is 2. The van der Waals surface area contributed by atoms with Crippen molar-refractivity contribution < 1.29 is 13.2 Å². The smallest absolute Gasteiger partial charge is 0.318 e. The highest BCUT2D eigenvalue weighted by molar-refractivity contribution is 5.52. The van der Waals surface area contributed by atoms with E-state index in [1.807, 2.05) is 18.1 Å². The van der Waals surface area contributed by atoms with E-state index in [1.165, 1.54) is 12.1 Å². The van der Waals surface area contributed by atoms with Crippen LogP contribution in [0.4, 0.5) is 20.7 Å². The minimum absolute atomic E-state index is 0.0363. The Morgan fingerprint density at radius 2 is 1.77 bits per heavy atom. The number of anilines is 2. The van der Waals surface area contributed by atoms with Crippen LogP contribution < -0.4 is 10.2 Å². The van der Waals surface area contributed by atoms with Crippen LogP contribution in [0.25, 0.3) is 11.5 Å². The lowest BCUT2D eigenvalue weighted by Crippen LogP contribution is -2.28. The number of fused-ring (bicyclic) bond motifs is 1. The minimum atomic E-state index is -0.823. The summed E-state index contributed by atoms with van der Waals surface area (Å²) in [4.78, 5) is 10.8. The molecule has 1 aliphatic carbocycles. The Kier molecular flexibility index (Phi) is 4.97. The highest BCUT2D eigenvalue weighted by Gasteiger charge is 2.39. The molecule has 2 aliphatic rings. The molecule has 1 fully saturated rings. The van der Waals surface area contributed by atoms with Gasteiger partial charge < -0.3 is 14.6 Å². The fraction of sp³-hybridized carbons (Fsp3) is 0.391. The highest BCUT2D eigenvalue weighted by atomic mass is 19.2. The van der Waals surface area contributed by atoms with E-state index in [4.69, 9.17) is 4.42 Å². The quantitative estimate of drug-likeness (QED) is 0.462. The minimum Gasteiger partial charge on any atom is -0.403 e. The topological polar surface area (TPSA) is 111 Å². The Labute approximate surface area is 199 Å². The molecule has 0 amide bonds. The predicted molar refractivity (Wildman–Crippen MR) is 122 cm³/mol. The number of nitrogens with one attached hydrogen (secondary N) is 1. The van der Waals surface area contributed by atoms with Crippen LogP contribution in [0.15, 0.2) is 35.1 Å². The van der Waals surface area contributed by atoms with Crippen LogP contribution >= 0.6 is 0 Å². The van der Waals surface area contributed by atoms with Crippen molar-refractivity contribution in [1.29, 1.82) is 0 Å². The molecule has 1 saturated heterocycles. The van der Waals surface area contributed by atoms with Crippen LogP contribution in [0.1, 0.15) is 30.2 Å². The molecule has 180 valence electrons. The summed E-state index contributed by atoms with van der Waals surface area (Å²) in [6.45, 7) is 3.62. The fourth-order valence-corrected chi connectivity index (χ4v) is 4.83. The Morgan fingerprint density at radius 3 is 2.43 bits per heavy atom. The second kappa shape index (κ2) is 8.07. The summed E-state index contributed by atoms with van der Waals surface area (Å²) < 4.78 is 34.6. The molecule has 35 heavy (non-hydrogen) atoms. The molecular weight excluding hydrogens is 456 g/mol. The molecule has 1 aromatic carbocycles. The third kappa shape index (κ3) is 3.98. The van der Waals surface area contributed by atoms with Crippen molar-refractivity contribution in [3.05, 3.63) is 59.2 Å². The lowest BCUT2D eigenvalue weighted by molar-refractivity contribution is 0.503. The van der Waals surface area contributed by atoms with Gasteiger partial charge in [0.25, 0.3) is 5.89 Å². The fourth-order valence-electron chi connectivity index (χ4n) is 4.83. The van der Waals surface area contributed by atoms with Crippen LogP contribution in [0, 0.1) is 11.6 Å². The maximum Gasteiger partial charge on any atom is 0.318 e. The molecule has 1 aliphatic heterocycles. The van der Waals surface area contributed by atoms with Gasteiger partial charge in [-0.2, -0.15) is 0 Å². The molecule has 3 aromatic heterocycles. The highest BCUT2D eigenvalue weighted by Crippen LogP contribution is 2.35. The van der Waals surface area contributed by atoms with Crippen molar-refractivity contribution in [2.75, 3.05) is 23.3 Å². The lowest BCUT2D eigenvalue weighted by Gasteiger charge is -2.20. The van der Waals surface area contributed by atoms with E-state index in [1.54, 1.807) is 17.1 Å². The second-order valence-corrected chi connectivity index (χ2v) is 9.48. The van der Waals surface area contributed by atoms with Gasteiger partial charge in [0.2, 0.25) is 5.95 Å². The van der Waals surface area contributed by atoms with Gasteiger partial charge >= 0.3 is 6.01 Å². The van der Waals surface area contributed by atoms with Crippen LogP contribution in [0.5, 0.6) is 0 Å². The zero-order valence-electron chi connectivity index (χ0n) is 19.2. The first-order valence-electron chi connectivity index (χ1n) is 11.4. The molecule has 0 saturated carbocycles. The average Bonchev–Trinajstić information content (AvgIpc) is 3.62. The van der Waals surface area contributed by atoms with E-state index < -0.39 is 11.6 Å². The van der Waals surface area contributed by atoms with Crippen molar-refractivity contribution in [3.63, 3.8) is 0 Å². The number of hydrogen-bond acceptors (Lipinski definition) is 9. The monoisotopic (exact) mass is 479 g/mol. The van der Waals surface area contributed by atoms with Crippen LogP contribution in [0.3, 0.4) is 0 Å². The summed E-state index contributed by atoms with van der Waals surface area (Å²) in [6.07, 6.45) is 7.22. The normalized spacial score (nSPS) is 19.9. The van der Waals surface area contributed by atoms with Crippen molar-refractivity contribution >= 4 is 12.0 Å². The molecule has 0 spiro atoms. The molecule has 0 bridgehead atoms. The summed E-state index contributed by atoms with van der Waals surface area (Å²) >= 11 is 0. The lowest BCUT2D eigenvalue weighted by atomic mass is 9.86. The van der Waals surface area contributed by atoms with Gasteiger partial charge in [0.1, 0.15) is 0 Å². The number of nitrogens with zero attached hydrogens (tertiary/aromatic N) is 8. The first kappa shape index (κ1) is 21.6. The van der Waals surface area contributed by atoms with Gasteiger partial charge in [-0.3, -0.25) is 4.68 Å². The van der Waals surface area contributed by atoms with Gasteiger partial charge in [-0.1, -0.05) is 17.2 Å². The van der Waals surface area contributed by atoms with E-state index in [0.29, 0.717) is 42.8 Å². The van der Waals surface area contributed by atoms with Gasteiger partial charge in [0.15, 0.2) is 11.6 Å². The zero-order valence-corrected chi connectivity index (χ0v) is 19.2. The molecular formula is C23H23F2N9O. The Balaban J connectivity index is 1.11. The second-order valence-electron chi connectivity index (χ2n) is 9.48. The van der Waals surface area contributed by atoms with Gasteiger partial charge in [-0.05, 0) is 42.5 Å². The average molecular weight is 479 g/mol. The van der Waals surface area contributed by atoms with E-state index in [0.717, 1.165) is 29.8 Å². The summed E-state index contributed by atoms with van der Waals surface area (Å²) in [5.41, 5.74) is 3.00. The number of rotatable bonds is 5. The molecule has 10 nitrogen and oxygen atoms in total. The number of aromatic nitrogens is 7. The maximum absolute atomic E-state index is 13.5. The van der Waals surface area contributed by atoms with E-state index >= 15 is 0 Å². The van der Waals surface area contributed by atoms with Crippen molar-refractivity contribution in [1.82, 2.24) is 35.2 Å². The summed E-state index contributed by atoms with van der Waals surface area (Å²) in [5.74, 6) is -0.891. The third-order valence-corrected chi connectivity index (χ3v) is 6.79. The predicted octanol–water partition coefficient (Wildman–Crippen LogP) is 2.68. The molecule has 0 radical (unpaired) electrons. The first-order chi connectivity index (χ1) is 16.9. The molecule has 4 aromatic rings. The van der Waals surface area contributed by atoms with Crippen LogP contribution in [-0.2, 0) is 25.3 Å².